The molecule has 4 rings (SSSR count). The van der Waals surface area contributed by atoms with E-state index in [2.05, 4.69) is 30.2 Å². The highest BCUT2D eigenvalue weighted by Crippen LogP contribution is 2.32. The van der Waals surface area contributed by atoms with Crippen LogP contribution >= 0.6 is 0 Å². The van der Waals surface area contributed by atoms with E-state index in [1.54, 1.807) is 12.4 Å². The normalized spacial score (nSPS) is 15.9. The van der Waals surface area contributed by atoms with Crippen LogP contribution in [-0.4, -0.2) is 48.3 Å². The van der Waals surface area contributed by atoms with Gasteiger partial charge in [0.1, 0.15) is 17.4 Å². The first kappa shape index (κ1) is 23.5. The van der Waals surface area contributed by atoms with Crippen LogP contribution in [-0.2, 0) is 0 Å². The van der Waals surface area contributed by atoms with Crippen LogP contribution in [0.15, 0.2) is 54.9 Å². The molecule has 0 bridgehead atoms. The van der Waals surface area contributed by atoms with Crippen molar-refractivity contribution in [2.75, 3.05) is 30.4 Å². The Labute approximate surface area is 195 Å². The molecular weight excluding hydrogens is 445 g/mol. The van der Waals surface area contributed by atoms with E-state index >= 15 is 0 Å². The molecule has 7 nitrogen and oxygen atoms in total. The summed E-state index contributed by atoms with van der Waals surface area (Å²) in [7, 11) is 1.95. The molecule has 0 spiro atoms. The van der Waals surface area contributed by atoms with Crippen LogP contribution in [0.2, 0.25) is 0 Å². The van der Waals surface area contributed by atoms with Crippen LogP contribution in [0.5, 0.6) is 5.75 Å². The molecule has 1 aliphatic rings. The molecule has 1 saturated heterocycles. The van der Waals surface area contributed by atoms with Gasteiger partial charge in [-0.15, -0.1) is 13.2 Å². The summed E-state index contributed by atoms with van der Waals surface area (Å²) in [6.07, 6.45) is -0.318. The quantitative estimate of drug-likeness (QED) is 0.361. The number of pyridine rings is 2. The summed E-state index contributed by atoms with van der Waals surface area (Å²) in [4.78, 5) is 11.3. The Hall–Kier alpha value is -3.66. The van der Waals surface area contributed by atoms with Gasteiger partial charge in [-0.05, 0) is 56.8 Å². The second-order valence-corrected chi connectivity index (χ2v) is 8.08. The van der Waals surface area contributed by atoms with E-state index in [9.17, 15) is 13.2 Å². The highest BCUT2D eigenvalue weighted by molar-refractivity contribution is 6.07. The molecule has 0 amide bonds. The molecule has 178 valence electrons. The lowest BCUT2D eigenvalue weighted by Gasteiger charge is -2.22. The Morgan fingerprint density at radius 3 is 2.50 bits per heavy atom. The van der Waals surface area contributed by atoms with Crippen LogP contribution in [0.4, 0.5) is 24.7 Å². The van der Waals surface area contributed by atoms with E-state index in [4.69, 9.17) is 5.41 Å². The number of rotatable bonds is 6. The van der Waals surface area contributed by atoms with Gasteiger partial charge in [0.05, 0.1) is 0 Å². The molecule has 0 aliphatic carbocycles. The Balaban J connectivity index is 1.59. The number of aromatic nitrogens is 2. The average molecular weight is 470 g/mol. The molecule has 3 aromatic rings. The van der Waals surface area contributed by atoms with Gasteiger partial charge < -0.3 is 20.3 Å². The van der Waals surface area contributed by atoms with Gasteiger partial charge in [-0.2, -0.15) is 0 Å². The Morgan fingerprint density at radius 1 is 1.12 bits per heavy atom. The predicted octanol–water partition coefficient (Wildman–Crippen LogP) is 4.59. The summed E-state index contributed by atoms with van der Waals surface area (Å²) in [5, 5.41) is 14.7. The van der Waals surface area contributed by atoms with Crippen molar-refractivity contribution >= 4 is 17.3 Å². The molecule has 10 heteroatoms. The number of alkyl halides is 3. The van der Waals surface area contributed by atoms with Gasteiger partial charge >= 0.3 is 6.36 Å². The van der Waals surface area contributed by atoms with Gasteiger partial charge in [0.15, 0.2) is 0 Å². The summed E-state index contributed by atoms with van der Waals surface area (Å²) < 4.78 is 41.0. The zero-order valence-corrected chi connectivity index (χ0v) is 18.8. The van der Waals surface area contributed by atoms with Crippen molar-refractivity contribution in [3.63, 3.8) is 0 Å². The van der Waals surface area contributed by atoms with E-state index in [0.717, 1.165) is 42.1 Å². The molecule has 34 heavy (non-hydrogen) atoms. The van der Waals surface area contributed by atoms with Crippen molar-refractivity contribution in [1.29, 1.82) is 5.41 Å². The lowest BCUT2D eigenvalue weighted by atomic mass is 10.0. The summed E-state index contributed by atoms with van der Waals surface area (Å²) >= 11 is 0. The minimum Gasteiger partial charge on any atom is -0.406 e. The smallest absolute Gasteiger partial charge is 0.406 e. The second-order valence-electron chi connectivity index (χ2n) is 8.08. The van der Waals surface area contributed by atoms with Gasteiger partial charge in [-0.25, -0.2) is 4.98 Å². The minimum atomic E-state index is -4.75. The number of hydrogen-bond acceptors (Lipinski definition) is 6. The molecule has 0 radical (unpaired) electrons. The standard InChI is InChI=1S/C24H25F3N6O/c1-15-3-4-16(12-30-15)21-11-17(13-31-23(21)33-10-9-19(14-33)29-2)22(28)32-18-5-7-20(8-6-18)34-24(25,26)27/h3-8,11-13,19,29H,9-10,14H2,1-2H3,(H2,28,32)/t19-/m1/s1. The third-order valence-electron chi connectivity index (χ3n) is 5.63. The van der Waals surface area contributed by atoms with Crippen molar-refractivity contribution in [1.82, 2.24) is 15.3 Å². The first-order valence-electron chi connectivity index (χ1n) is 10.8. The maximum atomic E-state index is 12.4. The predicted molar refractivity (Wildman–Crippen MR) is 125 cm³/mol. The molecule has 1 fully saturated rings. The van der Waals surface area contributed by atoms with E-state index in [0.29, 0.717) is 17.3 Å². The van der Waals surface area contributed by atoms with Crippen LogP contribution in [0.1, 0.15) is 17.7 Å². The highest BCUT2D eigenvalue weighted by Gasteiger charge is 2.31. The average Bonchev–Trinajstić information content (AvgIpc) is 3.29. The lowest BCUT2D eigenvalue weighted by Crippen LogP contribution is -2.30. The first-order valence-corrected chi connectivity index (χ1v) is 10.8. The number of nitrogens with zero attached hydrogens (tertiary/aromatic N) is 3. The maximum Gasteiger partial charge on any atom is 0.573 e. The fourth-order valence-corrected chi connectivity index (χ4v) is 3.83. The third-order valence-corrected chi connectivity index (χ3v) is 5.63. The second kappa shape index (κ2) is 9.68. The largest absolute Gasteiger partial charge is 0.573 e. The SMILES string of the molecule is CN[C@@H]1CCN(c2ncc(C(=N)Nc3ccc(OC(F)(F)F)cc3)cc2-c2ccc(C)nc2)C1. The minimum absolute atomic E-state index is 0.0689. The number of halogens is 3. The number of anilines is 2. The molecule has 0 unspecified atom stereocenters. The number of ether oxygens (including phenoxy) is 1. The van der Waals surface area contributed by atoms with E-state index < -0.39 is 6.36 Å². The molecule has 3 heterocycles. The monoisotopic (exact) mass is 470 g/mol. The zero-order valence-electron chi connectivity index (χ0n) is 18.8. The number of benzene rings is 1. The molecule has 3 N–H and O–H groups in total. The molecule has 0 saturated carbocycles. The third kappa shape index (κ3) is 5.63. The lowest BCUT2D eigenvalue weighted by molar-refractivity contribution is -0.274. The summed E-state index contributed by atoms with van der Waals surface area (Å²) in [6, 6.07) is 11.4. The number of likely N-dealkylation sites (N-methyl/N-ethyl adjacent to an activating group) is 1. The van der Waals surface area contributed by atoms with Crippen LogP contribution in [0.25, 0.3) is 11.1 Å². The molecule has 2 aromatic heterocycles. The van der Waals surface area contributed by atoms with E-state index in [-0.39, 0.29) is 11.6 Å². The van der Waals surface area contributed by atoms with Crippen molar-refractivity contribution in [3.05, 3.63) is 66.1 Å². The topological polar surface area (TPSA) is 86.2 Å². The number of nitrogens with one attached hydrogen (secondary N) is 3. The van der Waals surface area contributed by atoms with Gasteiger partial charge in [-0.3, -0.25) is 10.4 Å². The summed E-state index contributed by atoms with van der Waals surface area (Å²) in [5.74, 6) is 0.572. The van der Waals surface area contributed by atoms with Gasteiger partial charge in [0.2, 0.25) is 0 Å². The fourth-order valence-electron chi connectivity index (χ4n) is 3.83. The van der Waals surface area contributed by atoms with Gasteiger partial charge in [0.25, 0.3) is 0 Å². The van der Waals surface area contributed by atoms with Crippen molar-refractivity contribution in [2.24, 2.45) is 0 Å². The summed E-state index contributed by atoms with van der Waals surface area (Å²) in [5.41, 5.74) is 3.66. The van der Waals surface area contributed by atoms with Gasteiger partial charge in [0, 0.05) is 59.6 Å². The highest BCUT2D eigenvalue weighted by atomic mass is 19.4. The van der Waals surface area contributed by atoms with Crippen LogP contribution in [0, 0.1) is 12.3 Å². The van der Waals surface area contributed by atoms with Crippen LogP contribution < -0.4 is 20.3 Å². The van der Waals surface area contributed by atoms with Crippen molar-refractivity contribution in [2.45, 2.75) is 25.7 Å². The van der Waals surface area contributed by atoms with E-state index in [1.165, 1.54) is 24.3 Å². The van der Waals surface area contributed by atoms with E-state index in [1.807, 2.05) is 32.2 Å². The molecule has 1 aliphatic heterocycles. The molecule has 1 atom stereocenters. The molecule has 1 aromatic carbocycles. The molecular formula is C24H25F3N6O. The first-order chi connectivity index (χ1) is 16.2. The Bertz CT molecular complexity index is 1150. The van der Waals surface area contributed by atoms with Crippen LogP contribution in [0.3, 0.4) is 0 Å². The Morgan fingerprint density at radius 2 is 1.88 bits per heavy atom. The van der Waals surface area contributed by atoms with Gasteiger partial charge in [-0.1, -0.05) is 6.07 Å². The fraction of sp³-hybridized carbons (Fsp3) is 0.292. The maximum absolute atomic E-state index is 12.4. The Kier molecular flexibility index (Phi) is 6.69. The summed E-state index contributed by atoms with van der Waals surface area (Å²) in [6.45, 7) is 3.62. The number of amidine groups is 1. The zero-order chi connectivity index (χ0) is 24.3. The number of hydrogen-bond donors (Lipinski definition) is 3. The number of aryl methyl sites for hydroxylation is 1. The van der Waals surface area contributed by atoms with Crippen molar-refractivity contribution in [3.8, 4) is 16.9 Å². The van der Waals surface area contributed by atoms with Crippen molar-refractivity contribution < 1.29 is 17.9 Å².